The number of carbonyl (C=O) groups excluding carboxylic acids is 4. The molecule has 1 saturated carbocycles. The van der Waals surface area contributed by atoms with Gasteiger partial charge in [0.15, 0.2) is 0 Å². The first-order valence-electron chi connectivity index (χ1n) is 10.5. The van der Waals surface area contributed by atoms with Crippen molar-refractivity contribution in [2.24, 2.45) is 5.92 Å². The van der Waals surface area contributed by atoms with Gasteiger partial charge in [-0.2, -0.15) is 0 Å². The fourth-order valence-electron chi connectivity index (χ4n) is 3.13. The Labute approximate surface area is 191 Å². The Bertz CT molecular complexity index is 908. The zero-order valence-corrected chi connectivity index (χ0v) is 18.2. The quantitative estimate of drug-likeness (QED) is 0.417. The predicted octanol–water partition coefficient (Wildman–Crippen LogP) is 2.09. The van der Waals surface area contributed by atoms with Gasteiger partial charge in [-0.3, -0.25) is 14.4 Å². The van der Waals surface area contributed by atoms with Crippen LogP contribution in [0.15, 0.2) is 60.7 Å². The van der Waals surface area contributed by atoms with Crippen molar-refractivity contribution in [3.8, 4) is 0 Å². The van der Waals surface area contributed by atoms with Gasteiger partial charge in [-0.15, -0.1) is 0 Å². The molecule has 2 amide bonds. The van der Waals surface area contributed by atoms with Crippen LogP contribution in [0.2, 0.25) is 0 Å². The molecular weight excluding hydrogens is 428 g/mol. The molecule has 0 bridgehead atoms. The minimum Gasteiger partial charge on any atom is -0.469 e. The molecular formula is C24H26N2O7. The van der Waals surface area contributed by atoms with Gasteiger partial charge in [0.2, 0.25) is 5.91 Å². The molecule has 0 saturated heterocycles. The van der Waals surface area contributed by atoms with Crippen LogP contribution in [0.25, 0.3) is 0 Å². The molecule has 174 valence electrons. The second kappa shape index (κ2) is 11.7. The van der Waals surface area contributed by atoms with Crippen molar-refractivity contribution in [2.45, 2.75) is 38.1 Å². The maximum absolute atomic E-state index is 12.7. The molecule has 3 atom stereocenters. The number of nitrogens with one attached hydrogen (secondary N) is 2. The average Bonchev–Trinajstić information content (AvgIpc) is 3.61. The summed E-state index contributed by atoms with van der Waals surface area (Å²) in [7, 11) is 1.27. The van der Waals surface area contributed by atoms with Crippen LogP contribution in [0.5, 0.6) is 0 Å². The van der Waals surface area contributed by atoms with E-state index < -0.39 is 48.4 Å². The largest absolute Gasteiger partial charge is 0.469 e. The van der Waals surface area contributed by atoms with Crippen molar-refractivity contribution in [3.05, 3.63) is 71.8 Å². The lowest BCUT2D eigenvalue weighted by molar-refractivity contribution is -0.147. The van der Waals surface area contributed by atoms with E-state index in [1.807, 2.05) is 36.4 Å². The predicted molar refractivity (Wildman–Crippen MR) is 116 cm³/mol. The molecule has 3 rings (SSSR count). The summed E-state index contributed by atoms with van der Waals surface area (Å²) in [4.78, 5) is 48.9. The second-order valence-electron chi connectivity index (χ2n) is 7.59. The number of methoxy groups -OCH3 is 1. The van der Waals surface area contributed by atoms with Crippen molar-refractivity contribution < 1.29 is 33.4 Å². The van der Waals surface area contributed by atoms with E-state index in [2.05, 4.69) is 15.4 Å². The van der Waals surface area contributed by atoms with Crippen LogP contribution in [0.4, 0.5) is 4.79 Å². The summed E-state index contributed by atoms with van der Waals surface area (Å²) < 4.78 is 15.1. The molecule has 9 heteroatoms. The Balaban J connectivity index is 1.55. The van der Waals surface area contributed by atoms with E-state index in [9.17, 15) is 19.2 Å². The lowest BCUT2D eigenvalue weighted by Crippen LogP contribution is -2.49. The van der Waals surface area contributed by atoms with E-state index in [4.69, 9.17) is 9.47 Å². The number of amides is 2. The molecule has 2 aromatic rings. The number of hydrogen-bond acceptors (Lipinski definition) is 7. The first kappa shape index (κ1) is 23.8. The zero-order valence-electron chi connectivity index (χ0n) is 18.2. The van der Waals surface area contributed by atoms with Crippen LogP contribution in [-0.4, -0.2) is 43.1 Å². The van der Waals surface area contributed by atoms with E-state index in [1.165, 1.54) is 7.11 Å². The zero-order chi connectivity index (χ0) is 23.6. The lowest BCUT2D eigenvalue weighted by atomic mass is 10.2. The van der Waals surface area contributed by atoms with Crippen LogP contribution >= 0.6 is 0 Å². The number of hydrogen-bond donors (Lipinski definition) is 2. The molecule has 2 aromatic carbocycles. The highest BCUT2D eigenvalue weighted by Gasteiger charge is 2.46. The van der Waals surface area contributed by atoms with E-state index in [0.29, 0.717) is 6.42 Å². The highest BCUT2D eigenvalue weighted by atomic mass is 16.6. The van der Waals surface area contributed by atoms with Gasteiger partial charge >= 0.3 is 18.0 Å². The van der Waals surface area contributed by atoms with Crippen molar-refractivity contribution >= 4 is 23.9 Å². The molecule has 33 heavy (non-hydrogen) atoms. The number of ether oxygens (including phenoxy) is 3. The van der Waals surface area contributed by atoms with E-state index in [1.54, 1.807) is 24.3 Å². The van der Waals surface area contributed by atoms with Gasteiger partial charge in [0, 0.05) is 6.04 Å². The summed E-state index contributed by atoms with van der Waals surface area (Å²) >= 11 is 0. The summed E-state index contributed by atoms with van der Waals surface area (Å²) in [5.74, 6) is -2.13. The minimum absolute atomic E-state index is 0.00645. The summed E-state index contributed by atoms with van der Waals surface area (Å²) in [6.07, 6.45) is -0.813. The Hall–Kier alpha value is -3.88. The molecule has 0 spiro atoms. The molecule has 1 aliphatic rings. The summed E-state index contributed by atoms with van der Waals surface area (Å²) in [6, 6.07) is 16.5. The second-order valence-corrected chi connectivity index (χ2v) is 7.59. The molecule has 0 aliphatic heterocycles. The Morgan fingerprint density at radius 2 is 1.48 bits per heavy atom. The molecule has 0 aromatic heterocycles. The van der Waals surface area contributed by atoms with Crippen molar-refractivity contribution in [3.63, 3.8) is 0 Å². The van der Waals surface area contributed by atoms with Crippen molar-refractivity contribution in [2.75, 3.05) is 7.11 Å². The van der Waals surface area contributed by atoms with Gasteiger partial charge in [0.1, 0.15) is 19.3 Å². The Morgan fingerprint density at radius 1 is 0.909 bits per heavy atom. The molecule has 1 unspecified atom stereocenters. The average molecular weight is 454 g/mol. The third kappa shape index (κ3) is 7.64. The fraction of sp³-hybridized carbons (Fsp3) is 0.333. The first-order valence-corrected chi connectivity index (χ1v) is 10.5. The summed E-state index contributed by atoms with van der Waals surface area (Å²) in [5, 5.41) is 5.08. The van der Waals surface area contributed by atoms with Crippen LogP contribution in [0, 0.1) is 5.92 Å². The lowest BCUT2D eigenvalue weighted by Gasteiger charge is -2.18. The maximum atomic E-state index is 12.7. The highest BCUT2D eigenvalue weighted by Crippen LogP contribution is 2.31. The van der Waals surface area contributed by atoms with Crippen molar-refractivity contribution in [1.29, 1.82) is 0 Å². The number of esters is 2. The molecule has 0 radical (unpaired) electrons. The molecule has 1 aliphatic carbocycles. The van der Waals surface area contributed by atoms with Crippen LogP contribution < -0.4 is 10.6 Å². The van der Waals surface area contributed by atoms with Gasteiger partial charge in [-0.05, 0) is 17.5 Å². The van der Waals surface area contributed by atoms with Crippen LogP contribution in [0.3, 0.4) is 0 Å². The van der Waals surface area contributed by atoms with Gasteiger partial charge in [-0.25, -0.2) is 4.79 Å². The third-order valence-corrected chi connectivity index (χ3v) is 5.06. The van der Waals surface area contributed by atoms with Gasteiger partial charge in [-0.1, -0.05) is 60.7 Å². The number of carbonyl (C=O) groups is 4. The molecule has 9 nitrogen and oxygen atoms in total. The third-order valence-electron chi connectivity index (χ3n) is 5.06. The highest BCUT2D eigenvalue weighted by molar-refractivity contribution is 5.90. The maximum Gasteiger partial charge on any atom is 0.408 e. The standard InChI is InChI=1S/C24H26N2O7/c1-31-23(29)18-12-19(18)25-22(28)20(13-21(27)32-14-16-8-4-2-5-9-16)26-24(30)33-15-17-10-6-3-7-11-17/h2-11,18-20H,12-15H2,1H3,(H,25,28)(H,26,30)/t18-,19+,20?/m0/s1. The summed E-state index contributed by atoms with van der Waals surface area (Å²) in [5.41, 5.74) is 1.57. The first-order chi connectivity index (χ1) is 16.0. The van der Waals surface area contributed by atoms with Gasteiger partial charge in [0.05, 0.1) is 19.4 Å². The van der Waals surface area contributed by atoms with Crippen LogP contribution in [0.1, 0.15) is 24.0 Å². The number of rotatable bonds is 10. The molecule has 1 fully saturated rings. The van der Waals surface area contributed by atoms with E-state index in [-0.39, 0.29) is 13.2 Å². The number of benzene rings is 2. The van der Waals surface area contributed by atoms with Crippen LogP contribution in [-0.2, 0) is 41.8 Å². The van der Waals surface area contributed by atoms with E-state index >= 15 is 0 Å². The van der Waals surface area contributed by atoms with Gasteiger partial charge < -0.3 is 24.8 Å². The minimum atomic E-state index is -1.23. The fourth-order valence-corrected chi connectivity index (χ4v) is 3.13. The monoisotopic (exact) mass is 454 g/mol. The van der Waals surface area contributed by atoms with Crippen molar-refractivity contribution in [1.82, 2.24) is 10.6 Å². The normalized spacial score (nSPS) is 17.2. The smallest absolute Gasteiger partial charge is 0.408 e. The molecule has 2 N–H and O–H groups in total. The molecule has 0 heterocycles. The Morgan fingerprint density at radius 3 is 2.06 bits per heavy atom. The van der Waals surface area contributed by atoms with Gasteiger partial charge in [0.25, 0.3) is 0 Å². The topological polar surface area (TPSA) is 120 Å². The SMILES string of the molecule is COC(=O)[C@H]1C[C@H]1NC(=O)C(CC(=O)OCc1ccccc1)NC(=O)OCc1ccccc1. The van der Waals surface area contributed by atoms with E-state index in [0.717, 1.165) is 11.1 Å². The number of alkyl carbamates (subject to hydrolysis) is 1. The summed E-state index contributed by atoms with van der Waals surface area (Å²) in [6.45, 7) is 0.0476. The Kier molecular flexibility index (Phi) is 8.40.